The second-order valence-electron chi connectivity index (χ2n) is 12.4. The fourth-order valence-corrected chi connectivity index (χ4v) is 6.78. The van der Waals surface area contributed by atoms with Crippen molar-refractivity contribution in [2.45, 2.75) is 0 Å². The van der Waals surface area contributed by atoms with Crippen LogP contribution in [0.4, 0.5) is 92.2 Å². The quantitative estimate of drug-likeness (QED) is 0.0428. The van der Waals surface area contributed by atoms with Crippen molar-refractivity contribution in [2.75, 3.05) is 0 Å². The molecule has 8 rings (SSSR count). The van der Waals surface area contributed by atoms with E-state index in [2.05, 4.69) is 0 Å². The van der Waals surface area contributed by atoms with E-state index in [0.29, 0.717) is 0 Å². The number of hydrogen-bond donors (Lipinski definition) is 0. The number of benzene rings is 8. The molecule has 0 saturated carbocycles. The SMILES string of the molecule is Fc1cc(F)c(F)c(B(Oc2c(F)c(F)c(F)c3c(F)c4c(F)c(F)c(F)c(F)c4c(F)c23)Oc2c(F)c(F)c3c(F)c(F)c4c(F)c(F)c(F)c5c(F)c(F)c2c3c45)c1. The molecule has 0 aliphatic heterocycles. The van der Waals surface area contributed by atoms with Crippen molar-refractivity contribution >= 4 is 66.4 Å². The Kier molecular flexibility index (Phi) is 8.91. The van der Waals surface area contributed by atoms with Gasteiger partial charge in [0.25, 0.3) is 0 Å². The molecule has 0 saturated heterocycles. The smallest absolute Gasteiger partial charge is 0.519 e. The van der Waals surface area contributed by atoms with Crippen molar-refractivity contribution in [2.24, 2.45) is 0 Å². The van der Waals surface area contributed by atoms with Crippen LogP contribution in [0.3, 0.4) is 0 Å². The third kappa shape index (κ3) is 5.04. The summed E-state index contributed by atoms with van der Waals surface area (Å²) < 4.78 is 327. The summed E-state index contributed by atoms with van der Waals surface area (Å²) in [7, 11) is -3.76. The van der Waals surface area contributed by atoms with E-state index in [1.54, 1.807) is 0 Å². The van der Waals surface area contributed by atoms with E-state index in [9.17, 15) is 39.5 Å². The molecule has 60 heavy (non-hydrogen) atoms. The Balaban J connectivity index is 1.51. The van der Waals surface area contributed by atoms with Crippen molar-refractivity contribution in [1.29, 1.82) is 0 Å². The zero-order chi connectivity index (χ0) is 44.0. The molecule has 308 valence electrons. The van der Waals surface area contributed by atoms with Gasteiger partial charge in [-0.25, -0.2) is 83.4 Å². The highest BCUT2D eigenvalue weighted by atomic mass is 19.2. The number of halogens is 21. The Morgan fingerprint density at radius 1 is 0.250 bits per heavy atom. The fraction of sp³-hybridized carbons (Fsp3) is 0. The van der Waals surface area contributed by atoms with Gasteiger partial charge in [-0.2, -0.15) is 8.78 Å². The third-order valence-electron chi connectivity index (χ3n) is 9.33. The molecule has 0 atom stereocenters. The summed E-state index contributed by atoms with van der Waals surface area (Å²) >= 11 is 0. The normalized spacial score (nSPS) is 12.1. The molecule has 0 amide bonds. The summed E-state index contributed by atoms with van der Waals surface area (Å²) in [6.07, 6.45) is 0. The summed E-state index contributed by atoms with van der Waals surface area (Å²) in [6.45, 7) is 0. The first kappa shape index (κ1) is 40.3. The third-order valence-corrected chi connectivity index (χ3v) is 9.33. The Hall–Kier alpha value is -6.49. The van der Waals surface area contributed by atoms with Crippen molar-refractivity contribution in [3.05, 3.63) is 134 Å². The Labute approximate surface area is 314 Å². The molecule has 0 spiro atoms. The second-order valence-corrected chi connectivity index (χ2v) is 12.4. The van der Waals surface area contributed by atoms with Crippen LogP contribution in [0.5, 0.6) is 11.5 Å². The van der Waals surface area contributed by atoms with Crippen LogP contribution in [0.25, 0.3) is 53.9 Å². The molecular weight excluding hydrogens is 874 g/mol. The van der Waals surface area contributed by atoms with Crippen LogP contribution >= 0.6 is 0 Å². The van der Waals surface area contributed by atoms with E-state index in [1.165, 1.54) is 0 Å². The molecular formula is C36H2BF21O2. The van der Waals surface area contributed by atoms with Crippen molar-refractivity contribution in [3.8, 4) is 11.5 Å². The standard InChI is InChI=1S/C36H2BF21O2/c38-3-1-4(16(40)5(39)2-3)37(60-36-15-13(26(50)32(56)34(36)58)17(41)11-12(18(15)42)25(49)31(55)30(54)24(11)48)59-35-14-7-6-8(19(43)20(44)10(7)27(51)33(35)57)22(46)29(53)23(47)9(6)21(45)28(14)52/h1-2H. The van der Waals surface area contributed by atoms with Gasteiger partial charge in [-0.05, 0) is 6.07 Å². The first-order valence-electron chi connectivity index (χ1n) is 15.5. The highest BCUT2D eigenvalue weighted by Crippen LogP contribution is 2.49. The topological polar surface area (TPSA) is 18.5 Å². The van der Waals surface area contributed by atoms with Gasteiger partial charge in [0.2, 0.25) is 5.82 Å². The maximum atomic E-state index is 16.1. The van der Waals surface area contributed by atoms with Crippen LogP contribution in [0.2, 0.25) is 0 Å². The molecule has 8 aromatic rings. The summed E-state index contributed by atoms with van der Waals surface area (Å²) in [5, 5.41) is -21.5. The monoisotopic (exact) mass is 876 g/mol. The van der Waals surface area contributed by atoms with Gasteiger partial charge in [0.15, 0.2) is 110 Å². The zero-order valence-corrected chi connectivity index (χ0v) is 27.5. The van der Waals surface area contributed by atoms with Crippen molar-refractivity contribution in [1.82, 2.24) is 0 Å². The van der Waals surface area contributed by atoms with Gasteiger partial charge >= 0.3 is 7.12 Å². The minimum absolute atomic E-state index is 0.285. The molecule has 0 unspecified atom stereocenters. The maximum absolute atomic E-state index is 16.1. The van der Waals surface area contributed by atoms with Gasteiger partial charge < -0.3 is 9.31 Å². The highest BCUT2D eigenvalue weighted by molar-refractivity contribution is 6.63. The minimum atomic E-state index is -3.76. The molecule has 24 heteroatoms. The predicted molar refractivity (Wildman–Crippen MR) is 164 cm³/mol. The molecule has 0 radical (unpaired) electrons. The van der Waals surface area contributed by atoms with Crippen LogP contribution < -0.4 is 14.8 Å². The molecule has 0 heterocycles. The lowest BCUT2D eigenvalue weighted by Crippen LogP contribution is -2.46. The first-order chi connectivity index (χ1) is 28.1. The Morgan fingerprint density at radius 3 is 0.967 bits per heavy atom. The number of fused-ring (bicyclic) bond motifs is 2. The van der Waals surface area contributed by atoms with E-state index < -0.39 is 200 Å². The van der Waals surface area contributed by atoms with Crippen molar-refractivity contribution < 1.29 is 102 Å². The Bertz CT molecular complexity index is 3280. The largest absolute Gasteiger partial charge is 0.636 e. The van der Waals surface area contributed by atoms with Gasteiger partial charge in [0.05, 0.1) is 48.6 Å². The molecule has 0 fully saturated rings. The van der Waals surface area contributed by atoms with Crippen LogP contribution in [-0.4, -0.2) is 7.12 Å². The second kappa shape index (κ2) is 13.3. The van der Waals surface area contributed by atoms with E-state index in [0.717, 1.165) is 0 Å². The lowest BCUT2D eigenvalue weighted by molar-refractivity contribution is 0.380. The summed E-state index contributed by atoms with van der Waals surface area (Å²) in [5.74, 6) is -62.4. The van der Waals surface area contributed by atoms with E-state index in [4.69, 9.17) is 9.31 Å². The minimum Gasteiger partial charge on any atom is -0.519 e. The lowest BCUT2D eigenvalue weighted by atomic mass is 9.77. The fourth-order valence-electron chi connectivity index (χ4n) is 6.78. The predicted octanol–water partition coefficient (Wildman–Crippen LogP) is 11.7. The molecule has 0 aliphatic rings. The molecule has 0 N–H and O–H groups in total. The van der Waals surface area contributed by atoms with Crippen molar-refractivity contribution in [3.63, 3.8) is 0 Å². The first-order valence-corrected chi connectivity index (χ1v) is 15.5. The Morgan fingerprint density at radius 2 is 0.517 bits per heavy atom. The molecule has 2 nitrogen and oxygen atoms in total. The molecule has 0 bridgehead atoms. The van der Waals surface area contributed by atoms with Gasteiger partial charge in [0, 0.05) is 16.8 Å². The van der Waals surface area contributed by atoms with E-state index in [-0.39, 0.29) is 12.1 Å². The number of hydrogen-bond acceptors (Lipinski definition) is 2. The van der Waals surface area contributed by atoms with Gasteiger partial charge in [-0.1, -0.05) is 0 Å². The van der Waals surface area contributed by atoms with E-state index in [1.807, 2.05) is 0 Å². The summed E-state index contributed by atoms with van der Waals surface area (Å²) in [6, 6.07) is -0.576. The van der Waals surface area contributed by atoms with Crippen LogP contribution in [-0.2, 0) is 0 Å². The number of rotatable bonds is 5. The average Bonchev–Trinajstić information content (AvgIpc) is 3.20. The molecule has 8 aromatic carbocycles. The van der Waals surface area contributed by atoms with Crippen LogP contribution in [0.1, 0.15) is 0 Å². The zero-order valence-electron chi connectivity index (χ0n) is 27.5. The van der Waals surface area contributed by atoms with Gasteiger partial charge in [-0.3, -0.25) is 0 Å². The molecule has 0 aromatic heterocycles. The molecule has 0 aliphatic carbocycles. The maximum Gasteiger partial charge on any atom is 0.636 e. The van der Waals surface area contributed by atoms with Gasteiger partial charge in [0.1, 0.15) is 17.5 Å². The van der Waals surface area contributed by atoms with E-state index >= 15 is 52.7 Å². The highest BCUT2D eigenvalue weighted by Gasteiger charge is 2.42. The average molecular weight is 876 g/mol. The van der Waals surface area contributed by atoms with Gasteiger partial charge in [-0.15, -0.1) is 0 Å². The van der Waals surface area contributed by atoms with Crippen LogP contribution in [0.15, 0.2) is 12.1 Å². The summed E-state index contributed by atoms with van der Waals surface area (Å²) in [4.78, 5) is 0. The summed E-state index contributed by atoms with van der Waals surface area (Å²) in [5.41, 5.74) is -2.00. The lowest BCUT2D eigenvalue weighted by Gasteiger charge is -2.23. The van der Waals surface area contributed by atoms with Crippen LogP contribution in [0, 0.1) is 122 Å².